The van der Waals surface area contributed by atoms with Gasteiger partial charge in [0.15, 0.2) is 0 Å². The predicted molar refractivity (Wildman–Crippen MR) is 123 cm³/mol. The van der Waals surface area contributed by atoms with Gasteiger partial charge in [-0.2, -0.15) is 0 Å². The average Bonchev–Trinajstić information content (AvgIpc) is 3.03. The van der Waals surface area contributed by atoms with E-state index in [2.05, 4.69) is 22.4 Å². The number of thioether (sulfide) groups is 1. The number of hydrogen-bond donors (Lipinski definition) is 2. The first-order valence-electron chi connectivity index (χ1n) is 10.0. The molecule has 0 bridgehead atoms. The summed E-state index contributed by atoms with van der Waals surface area (Å²) < 4.78 is 10.4. The van der Waals surface area contributed by atoms with Crippen molar-refractivity contribution < 1.29 is 23.5 Å². The topological polar surface area (TPSA) is 125 Å². The summed E-state index contributed by atoms with van der Waals surface area (Å²) >= 11 is 1.26. The van der Waals surface area contributed by atoms with Crippen LogP contribution in [-0.2, 0) is 9.53 Å². The lowest BCUT2D eigenvalue weighted by atomic mass is 10.0. The van der Waals surface area contributed by atoms with E-state index in [9.17, 15) is 14.4 Å². The molecule has 32 heavy (non-hydrogen) atoms. The molecule has 2 aromatic heterocycles. The van der Waals surface area contributed by atoms with Gasteiger partial charge in [-0.1, -0.05) is 23.4 Å². The minimum atomic E-state index is -0.898. The minimum Gasteiger partial charge on any atom is -0.462 e. The Hall–Kier alpha value is -3.33. The Labute approximate surface area is 189 Å². The first-order chi connectivity index (χ1) is 15.1. The molecule has 0 radical (unpaired) electrons. The first kappa shape index (κ1) is 23.3. The standard InChI is InChI=1S/C23H25N3O5S/c1-6-30-23(29)18-14(5)31-22(19(18)21(24)28)25-16(27)10-32-17-9-12(3)15-8-11(2)7-13(4)20(15)26-17/h7-9H,6,10H2,1-5H3,(H2,24,28)(H,25,27). The number of amides is 2. The summed E-state index contributed by atoms with van der Waals surface area (Å²) in [5.74, 6) is -2.07. The molecule has 0 aliphatic rings. The molecule has 0 saturated heterocycles. The third-order valence-corrected chi connectivity index (χ3v) is 5.76. The van der Waals surface area contributed by atoms with Crippen LogP contribution in [0.3, 0.4) is 0 Å². The molecule has 3 aromatic rings. The van der Waals surface area contributed by atoms with E-state index in [1.165, 1.54) is 24.2 Å². The van der Waals surface area contributed by atoms with Crippen molar-refractivity contribution in [1.82, 2.24) is 4.98 Å². The summed E-state index contributed by atoms with van der Waals surface area (Å²) in [7, 11) is 0. The lowest BCUT2D eigenvalue weighted by Crippen LogP contribution is -2.21. The molecule has 0 saturated carbocycles. The van der Waals surface area contributed by atoms with Gasteiger partial charge < -0.3 is 14.9 Å². The number of hydrogen-bond acceptors (Lipinski definition) is 7. The van der Waals surface area contributed by atoms with Crippen LogP contribution in [0.5, 0.6) is 0 Å². The van der Waals surface area contributed by atoms with E-state index in [1.807, 2.05) is 26.8 Å². The highest BCUT2D eigenvalue weighted by Gasteiger charge is 2.29. The molecular formula is C23H25N3O5S. The fraction of sp³-hybridized carbons (Fsp3) is 0.304. The largest absolute Gasteiger partial charge is 0.462 e. The number of primary amides is 1. The fourth-order valence-corrected chi connectivity index (χ4v) is 4.27. The highest BCUT2D eigenvalue weighted by atomic mass is 32.2. The van der Waals surface area contributed by atoms with E-state index in [0.29, 0.717) is 5.03 Å². The third kappa shape index (κ3) is 4.77. The van der Waals surface area contributed by atoms with Gasteiger partial charge in [0.2, 0.25) is 11.8 Å². The van der Waals surface area contributed by atoms with Gasteiger partial charge in [-0.3, -0.25) is 14.9 Å². The van der Waals surface area contributed by atoms with E-state index >= 15 is 0 Å². The van der Waals surface area contributed by atoms with E-state index in [4.69, 9.17) is 14.9 Å². The first-order valence-corrected chi connectivity index (χ1v) is 11.0. The Balaban J connectivity index is 1.79. The van der Waals surface area contributed by atoms with Gasteiger partial charge in [0, 0.05) is 5.39 Å². The number of rotatable bonds is 7. The van der Waals surface area contributed by atoms with Crippen molar-refractivity contribution in [2.45, 2.75) is 39.6 Å². The number of nitrogens with zero attached hydrogens (tertiary/aromatic N) is 1. The Morgan fingerprint density at radius 3 is 2.47 bits per heavy atom. The van der Waals surface area contributed by atoms with Crippen molar-refractivity contribution >= 4 is 46.3 Å². The number of aryl methyl sites for hydroxylation is 4. The third-order valence-electron chi connectivity index (χ3n) is 4.85. The van der Waals surface area contributed by atoms with Crippen molar-refractivity contribution in [3.8, 4) is 0 Å². The molecule has 2 heterocycles. The fourth-order valence-electron chi connectivity index (χ4n) is 3.51. The lowest BCUT2D eigenvalue weighted by Gasteiger charge is -2.10. The maximum atomic E-state index is 12.5. The molecule has 9 heteroatoms. The minimum absolute atomic E-state index is 0.0234. The number of carbonyl (C=O) groups excluding carboxylic acids is 3. The maximum absolute atomic E-state index is 12.5. The van der Waals surface area contributed by atoms with Gasteiger partial charge in [-0.25, -0.2) is 9.78 Å². The van der Waals surface area contributed by atoms with E-state index in [0.717, 1.165) is 22.0 Å². The van der Waals surface area contributed by atoms with Gasteiger partial charge in [0.1, 0.15) is 16.9 Å². The SMILES string of the molecule is CCOC(=O)c1c(C)oc(NC(=O)CSc2cc(C)c3cc(C)cc(C)c3n2)c1C(N)=O. The van der Waals surface area contributed by atoms with Gasteiger partial charge in [0.05, 0.1) is 22.9 Å². The highest BCUT2D eigenvalue weighted by molar-refractivity contribution is 7.99. The molecule has 3 N–H and O–H groups in total. The normalized spacial score (nSPS) is 10.9. The second kappa shape index (κ2) is 9.44. The molecule has 3 rings (SSSR count). The summed E-state index contributed by atoms with van der Waals surface area (Å²) in [6, 6.07) is 6.10. The van der Waals surface area contributed by atoms with E-state index in [-0.39, 0.29) is 35.1 Å². The summed E-state index contributed by atoms with van der Waals surface area (Å²) in [4.78, 5) is 41.3. The zero-order valence-electron chi connectivity index (χ0n) is 18.6. The van der Waals surface area contributed by atoms with Gasteiger partial charge >= 0.3 is 5.97 Å². The van der Waals surface area contributed by atoms with E-state index in [1.54, 1.807) is 6.92 Å². The van der Waals surface area contributed by atoms with Crippen LogP contribution in [0.15, 0.2) is 27.6 Å². The number of carbonyl (C=O) groups is 3. The molecular weight excluding hydrogens is 430 g/mol. The number of esters is 1. The Morgan fingerprint density at radius 1 is 1.09 bits per heavy atom. The number of pyridine rings is 1. The summed E-state index contributed by atoms with van der Waals surface area (Å²) in [5, 5.41) is 4.32. The van der Waals surface area contributed by atoms with Gasteiger partial charge in [0.25, 0.3) is 5.91 Å². The number of aromatic nitrogens is 1. The number of fused-ring (bicyclic) bond motifs is 1. The van der Waals surface area contributed by atoms with Crippen molar-refractivity contribution in [1.29, 1.82) is 0 Å². The van der Waals surface area contributed by atoms with Crippen LogP contribution in [0.2, 0.25) is 0 Å². The molecule has 2 amide bonds. The number of benzene rings is 1. The molecule has 1 aromatic carbocycles. The van der Waals surface area contributed by atoms with Crippen LogP contribution in [0.1, 0.15) is 50.1 Å². The molecule has 168 valence electrons. The molecule has 0 aliphatic carbocycles. The van der Waals surface area contributed by atoms with Crippen molar-refractivity contribution in [3.05, 3.63) is 51.8 Å². The van der Waals surface area contributed by atoms with Crippen LogP contribution in [-0.4, -0.2) is 35.1 Å². The number of anilines is 1. The number of furan rings is 1. The zero-order chi connectivity index (χ0) is 23.6. The Morgan fingerprint density at radius 2 is 1.81 bits per heavy atom. The number of ether oxygens (including phenoxy) is 1. The molecule has 0 fully saturated rings. The number of nitrogens with one attached hydrogen (secondary N) is 1. The molecule has 0 unspecified atom stereocenters. The average molecular weight is 456 g/mol. The molecule has 0 aliphatic heterocycles. The van der Waals surface area contributed by atoms with Crippen LogP contribution in [0.4, 0.5) is 5.88 Å². The summed E-state index contributed by atoms with van der Waals surface area (Å²) in [6.45, 7) is 9.32. The van der Waals surface area contributed by atoms with E-state index < -0.39 is 17.8 Å². The Kier molecular flexibility index (Phi) is 6.88. The highest BCUT2D eigenvalue weighted by Crippen LogP contribution is 2.29. The zero-order valence-corrected chi connectivity index (χ0v) is 19.4. The van der Waals surface area contributed by atoms with Crippen molar-refractivity contribution in [2.75, 3.05) is 17.7 Å². The molecule has 0 spiro atoms. The van der Waals surface area contributed by atoms with Crippen LogP contribution >= 0.6 is 11.8 Å². The van der Waals surface area contributed by atoms with Gasteiger partial charge in [-0.05, 0) is 57.9 Å². The lowest BCUT2D eigenvalue weighted by molar-refractivity contribution is -0.113. The quantitative estimate of drug-likeness (QED) is 0.406. The Bertz CT molecular complexity index is 1230. The summed E-state index contributed by atoms with van der Waals surface area (Å²) in [5.41, 5.74) is 9.34. The maximum Gasteiger partial charge on any atom is 0.342 e. The predicted octanol–water partition coefficient (Wildman–Crippen LogP) is 4.07. The van der Waals surface area contributed by atoms with Gasteiger partial charge in [-0.15, -0.1) is 0 Å². The molecule has 8 nitrogen and oxygen atoms in total. The monoisotopic (exact) mass is 455 g/mol. The second-order valence-electron chi connectivity index (χ2n) is 7.41. The summed E-state index contributed by atoms with van der Waals surface area (Å²) in [6.07, 6.45) is 0. The molecule has 0 atom stereocenters. The number of nitrogens with two attached hydrogens (primary N) is 1. The van der Waals surface area contributed by atoms with Crippen molar-refractivity contribution in [2.24, 2.45) is 5.73 Å². The van der Waals surface area contributed by atoms with Crippen LogP contribution in [0, 0.1) is 27.7 Å². The van der Waals surface area contributed by atoms with Crippen LogP contribution < -0.4 is 11.1 Å². The van der Waals surface area contributed by atoms with Crippen molar-refractivity contribution in [3.63, 3.8) is 0 Å². The second-order valence-corrected chi connectivity index (χ2v) is 8.41. The van der Waals surface area contributed by atoms with Crippen LogP contribution in [0.25, 0.3) is 10.9 Å². The smallest absolute Gasteiger partial charge is 0.342 e.